The van der Waals surface area contributed by atoms with Gasteiger partial charge < -0.3 is 19.7 Å². The van der Waals surface area contributed by atoms with E-state index in [4.69, 9.17) is 9.47 Å². The minimum atomic E-state index is -0.652. The lowest BCUT2D eigenvalue weighted by Gasteiger charge is -2.49. The summed E-state index contributed by atoms with van der Waals surface area (Å²) in [6.45, 7) is 8.42. The van der Waals surface area contributed by atoms with Crippen LogP contribution in [-0.2, 0) is 9.47 Å². The molecule has 0 aromatic rings. The first-order valence-electron chi connectivity index (χ1n) is 5.28. The van der Waals surface area contributed by atoms with Gasteiger partial charge in [-0.1, -0.05) is 20.8 Å². The van der Waals surface area contributed by atoms with Crippen molar-refractivity contribution in [3.8, 4) is 0 Å². The molecule has 1 rings (SSSR count). The summed E-state index contributed by atoms with van der Waals surface area (Å²) in [5.74, 6) is -0.652. The Bertz CT molecular complexity index is 205. The zero-order valence-corrected chi connectivity index (χ0v) is 10.0. The van der Waals surface area contributed by atoms with E-state index in [-0.39, 0.29) is 18.6 Å². The molecule has 90 valence electrons. The molecule has 0 spiro atoms. The molecule has 1 saturated heterocycles. The van der Waals surface area contributed by atoms with Gasteiger partial charge in [0.05, 0.1) is 31.8 Å². The fraction of sp³-hybridized carbons (Fsp3) is 1.00. The Morgan fingerprint density at radius 3 is 1.73 bits per heavy atom. The van der Waals surface area contributed by atoms with Gasteiger partial charge in [0.25, 0.3) is 0 Å². The van der Waals surface area contributed by atoms with Crippen molar-refractivity contribution >= 4 is 0 Å². The molecule has 0 aromatic heterocycles. The minimum absolute atomic E-state index is 0.121. The van der Waals surface area contributed by atoms with E-state index in [0.29, 0.717) is 13.2 Å². The Labute approximate surface area is 91.2 Å². The van der Waals surface area contributed by atoms with Crippen molar-refractivity contribution in [3.63, 3.8) is 0 Å². The van der Waals surface area contributed by atoms with Crippen LogP contribution in [0, 0.1) is 10.8 Å². The molecule has 1 heterocycles. The predicted octanol–water partition coefficient (Wildman–Crippen LogP) is 0.766. The van der Waals surface area contributed by atoms with Gasteiger partial charge in [0.1, 0.15) is 0 Å². The van der Waals surface area contributed by atoms with Gasteiger partial charge in [0, 0.05) is 5.41 Å². The lowest BCUT2D eigenvalue weighted by molar-refractivity contribution is -0.340. The second kappa shape index (κ2) is 4.01. The van der Waals surface area contributed by atoms with Gasteiger partial charge in [0.15, 0.2) is 5.79 Å². The highest BCUT2D eigenvalue weighted by Crippen LogP contribution is 2.40. The van der Waals surface area contributed by atoms with E-state index in [2.05, 4.69) is 0 Å². The molecule has 0 radical (unpaired) electrons. The van der Waals surface area contributed by atoms with E-state index in [9.17, 15) is 10.2 Å². The SMILES string of the molecule is CC(C)(C)C1(C)OCC(CO)(CO)CO1. The molecular weight excluding hydrogens is 196 g/mol. The van der Waals surface area contributed by atoms with Crippen LogP contribution < -0.4 is 0 Å². The Kier molecular flexibility index (Phi) is 3.45. The molecule has 15 heavy (non-hydrogen) atoms. The summed E-state index contributed by atoms with van der Waals surface area (Å²) in [5.41, 5.74) is -0.783. The first-order valence-corrected chi connectivity index (χ1v) is 5.28. The second-order valence-electron chi connectivity index (χ2n) is 5.59. The normalized spacial score (nSPS) is 25.2. The van der Waals surface area contributed by atoms with E-state index < -0.39 is 11.2 Å². The van der Waals surface area contributed by atoms with Crippen LogP contribution in [0.1, 0.15) is 27.7 Å². The van der Waals surface area contributed by atoms with E-state index in [1.165, 1.54) is 0 Å². The highest BCUT2D eigenvalue weighted by molar-refractivity contribution is 4.88. The first-order chi connectivity index (χ1) is 6.79. The van der Waals surface area contributed by atoms with E-state index in [1.54, 1.807) is 0 Å². The lowest BCUT2D eigenvalue weighted by Crippen LogP contribution is -2.56. The molecule has 2 N–H and O–H groups in total. The maximum atomic E-state index is 9.19. The number of hydrogen-bond donors (Lipinski definition) is 2. The first kappa shape index (κ1) is 12.9. The maximum Gasteiger partial charge on any atom is 0.170 e. The van der Waals surface area contributed by atoms with Gasteiger partial charge >= 0.3 is 0 Å². The third-order valence-electron chi connectivity index (χ3n) is 3.34. The quantitative estimate of drug-likeness (QED) is 0.718. The van der Waals surface area contributed by atoms with Crippen molar-refractivity contribution < 1.29 is 19.7 Å². The predicted molar refractivity (Wildman–Crippen MR) is 56.4 cm³/mol. The monoisotopic (exact) mass is 218 g/mol. The van der Waals surface area contributed by atoms with Crippen molar-refractivity contribution in [2.24, 2.45) is 10.8 Å². The van der Waals surface area contributed by atoms with E-state index in [1.807, 2.05) is 27.7 Å². The van der Waals surface area contributed by atoms with Gasteiger partial charge in [0.2, 0.25) is 0 Å². The Hall–Kier alpha value is -0.160. The molecule has 0 aromatic carbocycles. The van der Waals surface area contributed by atoms with Crippen molar-refractivity contribution in [1.29, 1.82) is 0 Å². The van der Waals surface area contributed by atoms with E-state index in [0.717, 1.165) is 0 Å². The highest BCUT2D eigenvalue weighted by Gasteiger charge is 2.47. The van der Waals surface area contributed by atoms with Crippen LogP contribution in [0.4, 0.5) is 0 Å². The van der Waals surface area contributed by atoms with Crippen LogP contribution in [0.15, 0.2) is 0 Å². The van der Waals surface area contributed by atoms with Crippen LogP contribution in [0.3, 0.4) is 0 Å². The zero-order chi connectivity index (χ0) is 11.7. The maximum absolute atomic E-state index is 9.19. The average molecular weight is 218 g/mol. The summed E-state index contributed by atoms with van der Waals surface area (Å²) in [6.07, 6.45) is 0. The van der Waals surface area contributed by atoms with Crippen molar-refractivity contribution in [3.05, 3.63) is 0 Å². The summed E-state index contributed by atoms with van der Waals surface area (Å²) in [4.78, 5) is 0. The highest BCUT2D eigenvalue weighted by atomic mass is 16.7. The largest absolute Gasteiger partial charge is 0.396 e. The van der Waals surface area contributed by atoms with Gasteiger partial charge in [-0.25, -0.2) is 0 Å². The van der Waals surface area contributed by atoms with Crippen molar-refractivity contribution in [2.75, 3.05) is 26.4 Å². The summed E-state index contributed by atoms with van der Waals surface area (Å²) in [7, 11) is 0. The van der Waals surface area contributed by atoms with Crippen LogP contribution in [0.5, 0.6) is 0 Å². The van der Waals surface area contributed by atoms with Crippen LogP contribution >= 0.6 is 0 Å². The molecule has 1 aliphatic heterocycles. The van der Waals surface area contributed by atoms with Crippen LogP contribution in [0.25, 0.3) is 0 Å². The van der Waals surface area contributed by atoms with Crippen LogP contribution in [0.2, 0.25) is 0 Å². The molecule has 0 atom stereocenters. The number of aliphatic hydroxyl groups excluding tert-OH is 2. The lowest BCUT2D eigenvalue weighted by atomic mass is 9.83. The average Bonchev–Trinajstić information content (AvgIpc) is 2.18. The number of rotatable bonds is 2. The van der Waals surface area contributed by atoms with Crippen LogP contribution in [-0.4, -0.2) is 42.4 Å². The van der Waals surface area contributed by atoms with Crippen molar-refractivity contribution in [1.82, 2.24) is 0 Å². The van der Waals surface area contributed by atoms with Gasteiger partial charge in [-0.05, 0) is 6.92 Å². The molecule has 4 heteroatoms. The Morgan fingerprint density at radius 1 is 1.07 bits per heavy atom. The number of ether oxygens (including phenoxy) is 2. The molecule has 0 saturated carbocycles. The molecular formula is C11H22O4. The van der Waals surface area contributed by atoms with Crippen molar-refractivity contribution in [2.45, 2.75) is 33.5 Å². The molecule has 1 aliphatic rings. The standard InChI is InChI=1S/C11H22O4/c1-9(2,3)10(4)14-7-11(5-12,6-13)8-15-10/h12-13H,5-8H2,1-4H3. The second-order valence-corrected chi connectivity index (χ2v) is 5.59. The zero-order valence-electron chi connectivity index (χ0n) is 10.0. The third kappa shape index (κ3) is 2.33. The smallest absolute Gasteiger partial charge is 0.170 e. The fourth-order valence-corrected chi connectivity index (χ4v) is 1.33. The summed E-state index contributed by atoms with van der Waals surface area (Å²) >= 11 is 0. The summed E-state index contributed by atoms with van der Waals surface area (Å²) in [5, 5.41) is 18.4. The van der Waals surface area contributed by atoms with Gasteiger partial charge in [-0.15, -0.1) is 0 Å². The molecule has 4 nitrogen and oxygen atoms in total. The number of hydrogen-bond acceptors (Lipinski definition) is 4. The molecule has 0 bridgehead atoms. The van der Waals surface area contributed by atoms with Gasteiger partial charge in [-0.2, -0.15) is 0 Å². The fourth-order valence-electron chi connectivity index (χ4n) is 1.33. The van der Waals surface area contributed by atoms with Gasteiger partial charge in [-0.3, -0.25) is 0 Å². The molecule has 0 amide bonds. The molecule has 0 unspecified atom stereocenters. The summed E-state index contributed by atoms with van der Waals surface area (Å²) in [6, 6.07) is 0. The summed E-state index contributed by atoms with van der Waals surface area (Å²) < 4.78 is 11.4. The molecule has 1 fully saturated rings. The minimum Gasteiger partial charge on any atom is -0.396 e. The Morgan fingerprint density at radius 2 is 1.47 bits per heavy atom. The topological polar surface area (TPSA) is 58.9 Å². The Balaban J connectivity index is 2.70. The third-order valence-corrected chi connectivity index (χ3v) is 3.34. The number of aliphatic hydroxyl groups is 2. The molecule has 0 aliphatic carbocycles. The van der Waals surface area contributed by atoms with E-state index >= 15 is 0 Å².